The molecule has 1 aliphatic rings. The summed E-state index contributed by atoms with van der Waals surface area (Å²) in [6.07, 6.45) is 1.25. The second kappa shape index (κ2) is 4.79. The Morgan fingerprint density at radius 3 is 2.76 bits per heavy atom. The van der Waals surface area contributed by atoms with Crippen LogP contribution in [0.1, 0.15) is 31.4 Å². The molecule has 90 valence electrons. The summed E-state index contributed by atoms with van der Waals surface area (Å²) in [5.74, 6) is 1.50. The van der Waals surface area contributed by atoms with Gasteiger partial charge in [0.2, 0.25) is 0 Å². The van der Waals surface area contributed by atoms with Gasteiger partial charge in [-0.3, -0.25) is 0 Å². The van der Waals surface area contributed by atoms with E-state index in [2.05, 4.69) is 37.8 Å². The van der Waals surface area contributed by atoms with Crippen molar-refractivity contribution in [2.24, 2.45) is 11.8 Å². The van der Waals surface area contributed by atoms with Gasteiger partial charge in [-0.05, 0) is 36.8 Å². The van der Waals surface area contributed by atoms with Crippen LogP contribution in [0.2, 0.25) is 0 Å². The number of hydrogen-bond acceptors (Lipinski definition) is 2. The quantitative estimate of drug-likeness (QED) is 0.776. The first kappa shape index (κ1) is 12.0. The average Bonchev–Trinajstić information content (AvgIpc) is 2.77. The number of nitriles is 1. The van der Waals surface area contributed by atoms with E-state index in [1.807, 2.05) is 12.1 Å². The molecule has 2 nitrogen and oxygen atoms in total. The Balaban J connectivity index is 2.28. The van der Waals surface area contributed by atoms with E-state index in [1.54, 1.807) is 0 Å². The lowest BCUT2D eigenvalue weighted by Crippen LogP contribution is -2.22. The molecule has 0 spiro atoms. The lowest BCUT2D eigenvalue weighted by Gasteiger charge is -2.23. The zero-order chi connectivity index (χ0) is 12.4. The lowest BCUT2D eigenvalue weighted by molar-refractivity contribution is 0.422. The Labute approximate surface area is 104 Å². The molecule has 0 radical (unpaired) electrons. The number of rotatable bonds is 2. The fourth-order valence-electron chi connectivity index (χ4n) is 2.70. The van der Waals surface area contributed by atoms with Crippen molar-refractivity contribution in [3.63, 3.8) is 0 Å². The van der Waals surface area contributed by atoms with Crippen molar-refractivity contribution in [3.8, 4) is 6.07 Å². The third-order valence-corrected chi connectivity index (χ3v) is 3.84. The summed E-state index contributed by atoms with van der Waals surface area (Å²) in [6, 6.07) is 8.30. The highest BCUT2D eigenvalue weighted by atomic mass is 15.2. The zero-order valence-electron chi connectivity index (χ0n) is 10.9. The molecule has 0 N–H and O–H groups in total. The molecule has 0 aliphatic carbocycles. The molecular formula is C15H20N2. The van der Waals surface area contributed by atoms with E-state index < -0.39 is 0 Å². The van der Waals surface area contributed by atoms with E-state index in [1.165, 1.54) is 12.0 Å². The van der Waals surface area contributed by atoms with Crippen molar-refractivity contribution >= 4 is 5.69 Å². The van der Waals surface area contributed by atoms with Crippen molar-refractivity contribution in [1.82, 2.24) is 0 Å². The summed E-state index contributed by atoms with van der Waals surface area (Å²) in [4.78, 5) is 2.39. The van der Waals surface area contributed by atoms with Crippen LogP contribution in [0.25, 0.3) is 0 Å². The van der Waals surface area contributed by atoms with E-state index >= 15 is 0 Å². The highest BCUT2D eigenvalue weighted by molar-refractivity contribution is 5.64. The van der Waals surface area contributed by atoms with E-state index in [0.717, 1.165) is 36.2 Å². The van der Waals surface area contributed by atoms with Crippen molar-refractivity contribution in [3.05, 3.63) is 29.3 Å². The van der Waals surface area contributed by atoms with Gasteiger partial charge < -0.3 is 4.90 Å². The Kier molecular flexibility index (Phi) is 3.38. The van der Waals surface area contributed by atoms with Gasteiger partial charge >= 0.3 is 0 Å². The Morgan fingerprint density at radius 1 is 1.41 bits per heavy atom. The van der Waals surface area contributed by atoms with Crippen LogP contribution in [-0.4, -0.2) is 13.1 Å². The minimum Gasteiger partial charge on any atom is -0.370 e. The van der Waals surface area contributed by atoms with Crippen LogP contribution in [0.4, 0.5) is 5.69 Å². The third kappa shape index (κ3) is 2.29. The number of anilines is 1. The first-order valence-corrected chi connectivity index (χ1v) is 6.38. The van der Waals surface area contributed by atoms with E-state index in [9.17, 15) is 5.26 Å². The molecule has 1 saturated heterocycles. The summed E-state index contributed by atoms with van der Waals surface area (Å²) in [6.45, 7) is 8.85. The minimum absolute atomic E-state index is 0.731. The standard InChI is InChI=1S/C15H20N2/c1-11(2)14-7-8-17(10-14)15-12(3)5-4-6-13(15)9-16/h4-6,11,14H,7-8,10H2,1-3H3. The highest BCUT2D eigenvalue weighted by Gasteiger charge is 2.26. The lowest BCUT2D eigenvalue weighted by atomic mass is 9.95. The van der Waals surface area contributed by atoms with E-state index in [-0.39, 0.29) is 0 Å². The van der Waals surface area contributed by atoms with Crippen LogP contribution in [-0.2, 0) is 0 Å². The molecule has 17 heavy (non-hydrogen) atoms. The number of aryl methyl sites for hydroxylation is 1. The SMILES string of the molecule is Cc1cccc(C#N)c1N1CCC(C(C)C)C1. The molecule has 1 aliphatic heterocycles. The Bertz CT molecular complexity index is 443. The second-order valence-corrected chi connectivity index (χ2v) is 5.32. The maximum Gasteiger partial charge on any atom is 0.101 e. The van der Waals surface area contributed by atoms with E-state index in [0.29, 0.717) is 0 Å². The average molecular weight is 228 g/mol. The zero-order valence-corrected chi connectivity index (χ0v) is 10.9. The van der Waals surface area contributed by atoms with Crippen LogP contribution in [0.15, 0.2) is 18.2 Å². The fraction of sp³-hybridized carbons (Fsp3) is 0.533. The van der Waals surface area contributed by atoms with Gasteiger partial charge in [0.15, 0.2) is 0 Å². The van der Waals surface area contributed by atoms with Crippen LogP contribution < -0.4 is 4.90 Å². The maximum atomic E-state index is 9.20. The normalized spacial score (nSPS) is 19.7. The smallest absolute Gasteiger partial charge is 0.101 e. The van der Waals surface area contributed by atoms with Gasteiger partial charge in [-0.15, -0.1) is 0 Å². The van der Waals surface area contributed by atoms with Crippen LogP contribution in [0, 0.1) is 30.1 Å². The molecule has 0 saturated carbocycles. The van der Waals surface area contributed by atoms with Gasteiger partial charge in [0.25, 0.3) is 0 Å². The number of hydrogen-bond donors (Lipinski definition) is 0. The monoisotopic (exact) mass is 228 g/mol. The molecule has 0 aromatic heterocycles. The topological polar surface area (TPSA) is 27.0 Å². The second-order valence-electron chi connectivity index (χ2n) is 5.32. The van der Waals surface area contributed by atoms with E-state index in [4.69, 9.17) is 0 Å². The largest absolute Gasteiger partial charge is 0.370 e. The van der Waals surface area contributed by atoms with Gasteiger partial charge in [-0.2, -0.15) is 5.26 Å². The van der Waals surface area contributed by atoms with Crippen molar-refractivity contribution in [1.29, 1.82) is 5.26 Å². The van der Waals surface area contributed by atoms with Crippen molar-refractivity contribution in [2.45, 2.75) is 27.2 Å². The predicted octanol–water partition coefficient (Wildman–Crippen LogP) is 3.35. The van der Waals surface area contributed by atoms with Crippen molar-refractivity contribution < 1.29 is 0 Å². The number of para-hydroxylation sites is 1. The summed E-state index contributed by atoms with van der Waals surface area (Å²) >= 11 is 0. The molecule has 1 aromatic rings. The summed E-state index contributed by atoms with van der Waals surface area (Å²) in [5, 5.41) is 9.20. The first-order valence-electron chi connectivity index (χ1n) is 6.38. The van der Waals surface area contributed by atoms with Gasteiger partial charge in [0, 0.05) is 13.1 Å². The predicted molar refractivity (Wildman–Crippen MR) is 71.1 cm³/mol. The molecule has 1 atom stereocenters. The van der Waals surface area contributed by atoms with Gasteiger partial charge in [-0.25, -0.2) is 0 Å². The molecule has 0 bridgehead atoms. The van der Waals surface area contributed by atoms with Gasteiger partial charge in [0.1, 0.15) is 6.07 Å². The molecule has 2 rings (SSSR count). The molecular weight excluding hydrogens is 208 g/mol. The fourth-order valence-corrected chi connectivity index (χ4v) is 2.70. The Morgan fingerprint density at radius 2 is 2.18 bits per heavy atom. The Hall–Kier alpha value is -1.49. The molecule has 1 aromatic carbocycles. The molecule has 1 fully saturated rings. The molecule has 0 amide bonds. The van der Waals surface area contributed by atoms with Crippen LogP contribution in [0.3, 0.4) is 0 Å². The first-order chi connectivity index (χ1) is 8.13. The van der Waals surface area contributed by atoms with Gasteiger partial charge in [-0.1, -0.05) is 26.0 Å². The summed E-state index contributed by atoms with van der Waals surface area (Å²) in [5.41, 5.74) is 3.18. The van der Waals surface area contributed by atoms with Gasteiger partial charge in [0.05, 0.1) is 11.3 Å². The maximum absolute atomic E-state index is 9.20. The van der Waals surface area contributed by atoms with Crippen molar-refractivity contribution in [2.75, 3.05) is 18.0 Å². The van der Waals surface area contributed by atoms with Crippen LogP contribution >= 0.6 is 0 Å². The number of benzene rings is 1. The van der Waals surface area contributed by atoms with Crippen LogP contribution in [0.5, 0.6) is 0 Å². The minimum atomic E-state index is 0.731. The summed E-state index contributed by atoms with van der Waals surface area (Å²) in [7, 11) is 0. The molecule has 2 heteroatoms. The number of nitrogens with zero attached hydrogens (tertiary/aromatic N) is 2. The molecule has 1 unspecified atom stereocenters. The highest BCUT2D eigenvalue weighted by Crippen LogP contribution is 2.32. The molecule has 1 heterocycles. The summed E-state index contributed by atoms with van der Waals surface area (Å²) < 4.78 is 0. The third-order valence-electron chi connectivity index (χ3n) is 3.84.